The molecule has 0 unspecified atom stereocenters. The van der Waals surface area contributed by atoms with Gasteiger partial charge in [-0.05, 0) is 37.4 Å². The number of amides is 1. The number of hydrogen-bond donors (Lipinski definition) is 1. The molecule has 1 aromatic heterocycles. The molecule has 1 aromatic carbocycles. The highest BCUT2D eigenvalue weighted by atomic mass is 32.1. The summed E-state index contributed by atoms with van der Waals surface area (Å²) in [4.78, 5) is 35.3. The Labute approximate surface area is 153 Å². The minimum absolute atomic E-state index is 0.0285. The van der Waals surface area contributed by atoms with Crippen LogP contribution in [-0.4, -0.2) is 30.0 Å². The van der Waals surface area contributed by atoms with Crippen molar-refractivity contribution in [3.63, 3.8) is 0 Å². The van der Waals surface area contributed by atoms with E-state index in [0.717, 1.165) is 10.9 Å². The van der Waals surface area contributed by atoms with Crippen molar-refractivity contribution in [3.05, 3.63) is 56.3 Å². The van der Waals surface area contributed by atoms with Crippen LogP contribution < -0.4 is 10.1 Å². The van der Waals surface area contributed by atoms with E-state index in [9.17, 15) is 19.7 Å². The molecule has 0 saturated heterocycles. The van der Waals surface area contributed by atoms with Gasteiger partial charge in [-0.1, -0.05) is 6.07 Å². The number of ether oxygens (including phenoxy) is 2. The molecule has 1 atom stereocenters. The molecule has 8 nitrogen and oxygen atoms in total. The molecule has 0 aliphatic rings. The fourth-order valence-corrected chi connectivity index (χ4v) is 2.91. The molecule has 2 aromatic rings. The lowest BCUT2D eigenvalue weighted by molar-refractivity contribution is -0.385. The smallest absolute Gasteiger partial charge is 0.338 e. The third kappa shape index (κ3) is 5.03. The lowest BCUT2D eigenvalue weighted by atomic mass is 10.2. The number of esters is 1. The van der Waals surface area contributed by atoms with Gasteiger partial charge in [0.05, 0.1) is 23.1 Å². The summed E-state index contributed by atoms with van der Waals surface area (Å²) in [5, 5.41) is 15.7. The van der Waals surface area contributed by atoms with Crippen molar-refractivity contribution < 1.29 is 24.0 Å². The predicted octanol–water partition coefficient (Wildman–Crippen LogP) is 3.09. The fourth-order valence-electron chi connectivity index (χ4n) is 2.17. The molecule has 1 amide bonds. The van der Waals surface area contributed by atoms with Gasteiger partial charge in [0.1, 0.15) is 0 Å². The zero-order valence-corrected chi connectivity index (χ0v) is 15.1. The Morgan fingerprint density at radius 1 is 1.35 bits per heavy atom. The molecule has 0 radical (unpaired) electrons. The highest BCUT2D eigenvalue weighted by molar-refractivity contribution is 7.10. The van der Waals surface area contributed by atoms with Gasteiger partial charge >= 0.3 is 11.7 Å². The SMILES string of the molecule is CCOc1ccc(C(=O)OCC(=O)N[C@H](C)c2cccs2)cc1[N+](=O)[O-]. The number of rotatable bonds is 8. The molecule has 26 heavy (non-hydrogen) atoms. The zero-order chi connectivity index (χ0) is 19.1. The lowest BCUT2D eigenvalue weighted by Gasteiger charge is -2.12. The first kappa shape index (κ1) is 19.4. The van der Waals surface area contributed by atoms with Gasteiger partial charge in [-0.15, -0.1) is 11.3 Å². The second kappa shape index (κ2) is 8.95. The van der Waals surface area contributed by atoms with E-state index in [1.165, 1.54) is 23.5 Å². The van der Waals surface area contributed by atoms with Crippen LogP contribution in [0.5, 0.6) is 5.75 Å². The van der Waals surface area contributed by atoms with Crippen molar-refractivity contribution in [3.8, 4) is 5.75 Å². The maximum Gasteiger partial charge on any atom is 0.338 e. The van der Waals surface area contributed by atoms with E-state index in [1.807, 2.05) is 24.4 Å². The molecule has 9 heteroatoms. The van der Waals surface area contributed by atoms with Crippen molar-refractivity contribution in [1.29, 1.82) is 0 Å². The summed E-state index contributed by atoms with van der Waals surface area (Å²) < 4.78 is 10.1. The van der Waals surface area contributed by atoms with Crippen LogP contribution in [0.4, 0.5) is 5.69 Å². The summed E-state index contributed by atoms with van der Waals surface area (Å²) in [6, 6.07) is 7.32. The van der Waals surface area contributed by atoms with Gasteiger partial charge in [0, 0.05) is 10.9 Å². The molecule has 138 valence electrons. The van der Waals surface area contributed by atoms with E-state index in [0.29, 0.717) is 0 Å². The van der Waals surface area contributed by atoms with E-state index < -0.39 is 23.4 Å². The normalized spacial score (nSPS) is 11.5. The molecular weight excluding hydrogens is 360 g/mol. The predicted molar refractivity (Wildman–Crippen MR) is 95.4 cm³/mol. The number of nitrogens with one attached hydrogen (secondary N) is 1. The van der Waals surface area contributed by atoms with Crippen molar-refractivity contribution in [1.82, 2.24) is 5.32 Å². The molecule has 0 saturated carbocycles. The number of thiophene rings is 1. The Bertz CT molecular complexity index is 791. The van der Waals surface area contributed by atoms with Crippen molar-refractivity contribution in [2.75, 3.05) is 13.2 Å². The second-order valence-corrected chi connectivity index (χ2v) is 6.23. The summed E-state index contributed by atoms with van der Waals surface area (Å²) >= 11 is 1.51. The topological polar surface area (TPSA) is 108 Å². The number of hydrogen-bond acceptors (Lipinski definition) is 7. The van der Waals surface area contributed by atoms with Crippen LogP contribution in [0, 0.1) is 10.1 Å². The van der Waals surface area contributed by atoms with E-state index in [1.54, 1.807) is 6.92 Å². The summed E-state index contributed by atoms with van der Waals surface area (Å²) in [6.07, 6.45) is 0. The Kier molecular flexibility index (Phi) is 6.67. The monoisotopic (exact) mass is 378 g/mol. The minimum Gasteiger partial charge on any atom is -0.487 e. The summed E-state index contributed by atoms with van der Waals surface area (Å²) in [7, 11) is 0. The number of benzene rings is 1. The standard InChI is InChI=1S/C17H18N2O6S/c1-3-24-14-7-6-12(9-13(14)19(22)23)17(21)25-10-16(20)18-11(2)15-5-4-8-26-15/h4-9,11H,3,10H2,1-2H3,(H,18,20)/t11-/m1/s1. The Morgan fingerprint density at radius 3 is 2.73 bits per heavy atom. The van der Waals surface area contributed by atoms with Crippen LogP contribution in [0.3, 0.4) is 0 Å². The van der Waals surface area contributed by atoms with Crippen LogP contribution in [0.1, 0.15) is 35.1 Å². The molecule has 0 fully saturated rings. The third-order valence-electron chi connectivity index (χ3n) is 3.37. The first-order chi connectivity index (χ1) is 12.4. The Morgan fingerprint density at radius 2 is 2.12 bits per heavy atom. The highest BCUT2D eigenvalue weighted by Crippen LogP contribution is 2.28. The largest absolute Gasteiger partial charge is 0.487 e. The maximum absolute atomic E-state index is 12.0. The van der Waals surface area contributed by atoms with E-state index in [-0.39, 0.29) is 29.6 Å². The van der Waals surface area contributed by atoms with Gasteiger partial charge in [-0.3, -0.25) is 14.9 Å². The molecular formula is C17H18N2O6S. The molecule has 2 rings (SSSR count). The van der Waals surface area contributed by atoms with E-state index >= 15 is 0 Å². The van der Waals surface area contributed by atoms with Crippen molar-refractivity contribution in [2.45, 2.75) is 19.9 Å². The van der Waals surface area contributed by atoms with Crippen LogP contribution in [0.2, 0.25) is 0 Å². The Hall–Kier alpha value is -2.94. The molecule has 0 bridgehead atoms. The number of nitro benzene ring substituents is 1. The van der Waals surface area contributed by atoms with Gasteiger partial charge in [0.2, 0.25) is 0 Å². The van der Waals surface area contributed by atoms with E-state index in [4.69, 9.17) is 9.47 Å². The summed E-state index contributed by atoms with van der Waals surface area (Å²) in [6.45, 7) is 3.30. The summed E-state index contributed by atoms with van der Waals surface area (Å²) in [5.74, 6) is -1.22. The molecule has 0 spiro atoms. The zero-order valence-electron chi connectivity index (χ0n) is 14.3. The van der Waals surface area contributed by atoms with Crippen LogP contribution in [-0.2, 0) is 9.53 Å². The average molecular weight is 378 g/mol. The third-order valence-corrected chi connectivity index (χ3v) is 4.43. The van der Waals surface area contributed by atoms with Gasteiger partial charge in [-0.25, -0.2) is 4.79 Å². The second-order valence-electron chi connectivity index (χ2n) is 5.25. The van der Waals surface area contributed by atoms with Gasteiger partial charge in [-0.2, -0.15) is 0 Å². The fraction of sp³-hybridized carbons (Fsp3) is 0.294. The number of carbonyl (C=O) groups is 2. The van der Waals surface area contributed by atoms with Gasteiger partial charge in [0.25, 0.3) is 5.91 Å². The van der Waals surface area contributed by atoms with Crippen LogP contribution in [0.25, 0.3) is 0 Å². The van der Waals surface area contributed by atoms with Gasteiger partial charge in [0.15, 0.2) is 12.4 Å². The minimum atomic E-state index is -0.824. The van der Waals surface area contributed by atoms with Crippen LogP contribution >= 0.6 is 11.3 Å². The quantitative estimate of drug-likeness (QED) is 0.430. The number of nitro groups is 1. The molecule has 0 aliphatic carbocycles. The number of nitrogens with zero attached hydrogens (tertiary/aromatic N) is 1. The van der Waals surface area contributed by atoms with E-state index in [2.05, 4.69) is 5.32 Å². The van der Waals surface area contributed by atoms with Crippen LogP contribution in [0.15, 0.2) is 35.7 Å². The van der Waals surface area contributed by atoms with Crippen molar-refractivity contribution >= 4 is 28.9 Å². The number of carbonyl (C=O) groups excluding carboxylic acids is 2. The lowest BCUT2D eigenvalue weighted by Crippen LogP contribution is -2.30. The maximum atomic E-state index is 12.0. The Balaban J connectivity index is 1.96. The first-order valence-corrected chi connectivity index (χ1v) is 8.71. The highest BCUT2D eigenvalue weighted by Gasteiger charge is 2.20. The molecule has 1 N–H and O–H groups in total. The molecule has 0 aliphatic heterocycles. The van der Waals surface area contributed by atoms with Gasteiger partial charge < -0.3 is 14.8 Å². The molecule has 1 heterocycles. The first-order valence-electron chi connectivity index (χ1n) is 7.83. The van der Waals surface area contributed by atoms with Crippen molar-refractivity contribution in [2.24, 2.45) is 0 Å². The summed E-state index contributed by atoms with van der Waals surface area (Å²) in [5.41, 5.74) is -0.365. The average Bonchev–Trinajstić information content (AvgIpc) is 3.15.